The van der Waals surface area contributed by atoms with E-state index in [1.807, 2.05) is 0 Å². The lowest BCUT2D eigenvalue weighted by Gasteiger charge is -2.20. The van der Waals surface area contributed by atoms with E-state index >= 15 is 0 Å². The van der Waals surface area contributed by atoms with E-state index in [1.165, 1.54) is 45.2 Å². The van der Waals surface area contributed by atoms with Crippen molar-refractivity contribution < 1.29 is 23.9 Å². The molecule has 1 aromatic rings. The minimum absolute atomic E-state index is 0.138. The van der Waals surface area contributed by atoms with Crippen molar-refractivity contribution in [1.82, 2.24) is 0 Å². The van der Waals surface area contributed by atoms with E-state index in [4.69, 9.17) is 10.5 Å². The summed E-state index contributed by atoms with van der Waals surface area (Å²) >= 11 is 0. The molecule has 7 heteroatoms. The second-order valence-corrected chi connectivity index (χ2v) is 4.93. The van der Waals surface area contributed by atoms with Crippen LogP contribution >= 0.6 is 0 Å². The third kappa shape index (κ3) is 1.84. The van der Waals surface area contributed by atoms with E-state index in [9.17, 15) is 14.4 Å². The number of nitrogens with zero attached hydrogens (tertiary/aromatic N) is 1. The number of likely N-dealkylation sites (N-methyl/N-ethyl adjacent to an activating group) is 1. The molecule has 1 amide bonds. The molecule has 1 aliphatic rings. The van der Waals surface area contributed by atoms with Crippen molar-refractivity contribution in [3.05, 3.63) is 23.3 Å². The largest absolute Gasteiger partial charge is 0.468 e. The van der Waals surface area contributed by atoms with Crippen LogP contribution in [0.2, 0.25) is 0 Å². The van der Waals surface area contributed by atoms with Gasteiger partial charge in [-0.2, -0.15) is 0 Å². The number of nitrogens with two attached hydrogens (primary N) is 1. The maximum atomic E-state index is 12.4. The van der Waals surface area contributed by atoms with Gasteiger partial charge < -0.3 is 20.1 Å². The van der Waals surface area contributed by atoms with Crippen LogP contribution in [0.15, 0.2) is 12.1 Å². The van der Waals surface area contributed by atoms with E-state index in [0.717, 1.165) is 0 Å². The highest BCUT2D eigenvalue weighted by Gasteiger charge is 2.53. The molecule has 0 saturated carbocycles. The zero-order chi connectivity index (χ0) is 15.9. The predicted molar refractivity (Wildman–Crippen MR) is 75.0 cm³/mol. The smallest absolute Gasteiger partial charge is 0.340 e. The second kappa shape index (κ2) is 4.76. The minimum Gasteiger partial charge on any atom is -0.468 e. The maximum Gasteiger partial charge on any atom is 0.340 e. The Balaban J connectivity index is 2.70. The fourth-order valence-corrected chi connectivity index (χ4v) is 2.53. The normalized spacial score (nSPS) is 20.2. The van der Waals surface area contributed by atoms with Crippen molar-refractivity contribution >= 4 is 29.2 Å². The highest BCUT2D eigenvalue weighted by Crippen LogP contribution is 2.43. The van der Waals surface area contributed by atoms with Gasteiger partial charge in [0.2, 0.25) is 5.91 Å². The van der Waals surface area contributed by atoms with Crippen LogP contribution in [0.4, 0.5) is 11.4 Å². The van der Waals surface area contributed by atoms with Crippen LogP contribution in [0, 0.1) is 0 Å². The minimum atomic E-state index is -1.47. The third-order valence-electron chi connectivity index (χ3n) is 3.80. The Bertz CT molecular complexity index is 655. The Morgan fingerprint density at radius 3 is 2.38 bits per heavy atom. The van der Waals surface area contributed by atoms with Crippen LogP contribution < -0.4 is 10.6 Å². The maximum absolute atomic E-state index is 12.4. The standard InChI is InChI=1S/C14H16N2O5/c1-14(13(19)21-4)8-6-9(15)7(11(17)20-3)5-10(8)16(2)12(14)18/h5-6H,15H2,1-4H3. The molecule has 1 aromatic carbocycles. The zero-order valence-corrected chi connectivity index (χ0v) is 12.2. The molecule has 0 spiro atoms. The topological polar surface area (TPSA) is 98.9 Å². The fraction of sp³-hybridized carbons (Fsp3) is 0.357. The van der Waals surface area contributed by atoms with Crippen molar-refractivity contribution in [2.45, 2.75) is 12.3 Å². The highest BCUT2D eigenvalue weighted by atomic mass is 16.5. The Kier molecular flexibility index (Phi) is 3.36. The number of methoxy groups -OCH3 is 2. The van der Waals surface area contributed by atoms with Gasteiger partial charge in [0.25, 0.3) is 0 Å². The lowest BCUT2D eigenvalue weighted by Crippen LogP contribution is -2.43. The van der Waals surface area contributed by atoms with Crippen molar-refractivity contribution in [2.24, 2.45) is 0 Å². The van der Waals surface area contributed by atoms with Crippen LogP contribution in [0.25, 0.3) is 0 Å². The van der Waals surface area contributed by atoms with E-state index in [2.05, 4.69) is 4.74 Å². The lowest BCUT2D eigenvalue weighted by atomic mass is 9.83. The summed E-state index contributed by atoms with van der Waals surface area (Å²) in [5, 5.41) is 0. The Morgan fingerprint density at radius 1 is 1.24 bits per heavy atom. The summed E-state index contributed by atoms with van der Waals surface area (Å²) in [6.45, 7) is 1.47. The van der Waals surface area contributed by atoms with E-state index in [0.29, 0.717) is 11.3 Å². The van der Waals surface area contributed by atoms with Crippen molar-refractivity contribution in [3.63, 3.8) is 0 Å². The zero-order valence-electron chi connectivity index (χ0n) is 12.2. The average molecular weight is 292 g/mol. The van der Waals surface area contributed by atoms with Gasteiger partial charge in [-0.1, -0.05) is 0 Å². The summed E-state index contributed by atoms with van der Waals surface area (Å²) in [6, 6.07) is 2.89. The summed E-state index contributed by atoms with van der Waals surface area (Å²) in [5.74, 6) is -1.73. The van der Waals surface area contributed by atoms with Crippen molar-refractivity contribution in [1.29, 1.82) is 0 Å². The monoisotopic (exact) mass is 292 g/mol. The number of nitrogen functional groups attached to an aromatic ring is 1. The third-order valence-corrected chi connectivity index (χ3v) is 3.80. The molecule has 0 bridgehead atoms. The number of carbonyl (C=O) groups is 3. The number of fused-ring (bicyclic) bond motifs is 1. The first-order chi connectivity index (χ1) is 9.78. The molecule has 0 radical (unpaired) electrons. The van der Waals surface area contributed by atoms with E-state index in [1.54, 1.807) is 0 Å². The molecule has 1 heterocycles. The first kappa shape index (κ1) is 14.8. The quantitative estimate of drug-likeness (QED) is 0.483. The molecule has 0 saturated heterocycles. The highest BCUT2D eigenvalue weighted by molar-refractivity contribution is 6.20. The van der Waals surface area contributed by atoms with Gasteiger partial charge in [-0.25, -0.2) is 4.79 Å². The number of hydrogen-bond acceptors (Lipinski definition) is 6. The Hall–Kier alpha value is -2.57. The van der Waals surface area contributed by atoms with Gasteiger partial charge in [-0.05, 0) is 19.1 Å². The van der Waals surface area contributed by atoms with Gasteiger partial charge in [0.1, 0.15) is 0 Å². The molecule has 2 N–H and O–H groups in total. The number of ether oxygens (including phenoxy) is 2. The van der Waals surface area contributed by atoms with Crippen LogP contribution in [-0.2, 0) is 24.5 Å². The van der Waals surface area contributed by atoms with Crippen LogP contribution in [0.5, 0.6) is 0 Å². The van der Waals surface area contributed by atoms with Gasteiger partial charge in [0, 0.05) is 24.0 Å². The van der Waals surface area contributed by atoms with Crippen molar-refractivity contribution in [3.8, 4) is 0 Å². The van der Waals surface area contributed by atoms with Crippen LogP contribution in [0.1, 0.15) is 22.8 Å². The van der Waals surface area contributed by atoms with Crippen LogP contribution in [0.3, 0.4) is 0 Å². The first-order valence-corrected chi connectivity index (χ1v) is 6.17. The second-order valence-electron chi connectivity index (χ2n) is 4.93. The van der Waals surface area contributed by atoms with Gasteiger partial charge in [0.15, 0.2) is 5.41 Å². The predicted octanol–water partition coefficient (Wildman–Crippen LogP) is 0.462. The molecule has 2 rings (SSSR count). The fourth-order valence-electron chi connectivity index (χ4n) is 2.53. The number of carbonyl (C=O) groups excluding carboxylic acids is 3. The number of benzene rings is 1. The van der Waals surface area contributed by atoms with Crippen LogP contribution in [-0.4, -0.2) is 39.1 Å². The SMILES string of the molecule is COC(=O)c1cc2c(cc1N)C(C)(C(=O)OC)C(=O)N2C. The Labute approximate surface area is 121 Å². The molecule has 7 nitrogen and oxygen atoms in total. The summed E-state index contributed by atoms with van der Waals surface area (Å²) in [7, 11) is 3.97. The van der Waals surface area contributed by atoms with Gasteiger partial charge in [0.05, 0.1) is 19.8 Å². The van der Waals surface area contributed by atoms with Gasteiger partial charge in [-0.15, -0.1) is 0 Å². The summed E-state index contributed by atoms with van der Waals surface area (Å²) in [6.07, 6.45) is 0. The Morgan fingerprint density at radius 2 is 1.86 bits per heavy atom. The lowest BCUT2D eigenvalue weighted by molar-refractivity contribution is -0.150. The average Bonchev–Trinajstić information content (AvgIpc) is 2.67. The molecule has 0 aliphatic carbocycles. The molecule has 112 valence electrons. The molecular formula is C14H16N2O5. The van der Waals surface area contributed by atoms with Crippen molar-refractivity contribution in [2.75, 3.05) is 31.9 Å². The number of amides is 1. The van der Waals surface area contributed by atoms with Gasteiger partial charge in [-0.3, -0.25) is 9.59 Å². The molecule has 1 unspecified atom stereocenters. The molecule has 1 aliphatic heterocycles. The molecule has 0 aromatic heterocycles. The van der Waals surface area contributed by atoms with Gasteiger partial charge >= 0.3 is 11.9 Å². The number of rotatable bonds is 2. The molecule has 21 heavy (non-hydrogen) atoms. The molecule has 1 atom stereocenters. The summed E-state index contributed by atoms with van der Waals surface area (Å²) < 4.78 is 9.38. The number of esters is 2. The first-order valence-electron chi connectivity index (χ1n) is 6.17. The van der Waals surface area contributed by atoms with E-state index < -0.39 is 23.3 Å². The molecule has 0 fully saturated rings. The molecular weight excluding hydrogens is 276 g/mol. The number of hydrogen-bond donors (Lipinski definition) is 1. The summed E-state index contributed by atoms with van der Waals surface area (Å²) in [4.78, 5) is 37.4. The summed E-state index contributed by atoms with van der Waals surface area (Å²) in [5.41, 5.74) is 5.49. The van der Waals surface area contributed by atoms with E-state index in [-0.39, 0.29) is 11.3 Å². The number of anilines is 2.